The molecule has 1 aromatic heterocycles. The molecule has 0 bridgehead atoms. The van der Waals surface area contributed by atoms with Crippen molar-refractivity contribution in [3.05, 3.63) is 59.8 Å². The maximum absolute atomic E-state index is 12.1. The Hall–Kier alpha value is -3.32. The molecule has 0 aliphatic carbocycles. The molecule has 2 aliphatic rings. The van der Waals surface area contributed by atoms with Crippen molar-refractivity contribution in [2.24, 2.45) is 0 Å². The number of nitrogens with zero attached hydrogens (tertiary/aromatic N) is 1. The Morgan fingerprint density at radius 3 is 2.70 bits per heavy atom. The number of furan rings is 1. The fraction of sp³-hybridized carbons (Fsp3) is 0.200. The molecule has 27 heavy (non-hydrogen) atoms. The van der Waals surface area contributed by atoms with Crippen LogP contribution in [0.1, 0.15) is 11.5 Å². The van der Waals surface area contributed by atoms with Crippen molar-refractivity contribution in [1.29, 1.82) is 0 Å². The minimum absolute atomic E-state index is 0.0822. The number of anilines is 1. The quantitative estimate of drug-likeness (QED) is 0.845. The Morgan fingerprint density at radius 2 is 1.85 bits per heavy atom. The fourth-order valence-electron chi connectivity index (χ4n) is 2.81. The molecule has 1 N–H and O–H groups in total. The van der Waals surface area contributed by atoms with E-state index in [0.29, 0.717) is 49.3 Å². The van der Waals surface area contributed by atoms with Crippen LogP contribution in [0.3, 0.4) is 0 Å². The molecule has 1 aromatic carbocycles. The number of ether oxygens (including phenoxy) is 2. The van der Waals surface area contributed by atoms with Crippen LogP contribution < -0.4 is 10.1 Å². The van der Waals surface area contributed by atoms with Gasteiger partial charge in [0.25, 0.3) is 5.91 Å². The molecule has 7 heteroatoms. The molecule has 2 aliphatic heterocycles. The number of benzene rings is 1. The third-order valence-corrected chi connectivity index (χ3v) is 4.21. The molecule has 138 valence electrons. The molecule has 2 amide bonds. The number of carbonyl (C=O) groups excluding carboxylic acids is 2. The van der Waals surface area contributed by atoms with Crippen molar-refractivity contribution >= 4 is 29.7 Å². The first-order chi connectivity index (χ1) is 13.2. The first-order valence-electron chi connectivity index (χ1n) is 8.63. The number of carbonyl (C=O) groups is 2. The van der Waals surface area contributed by atoms with E-state index in [1.54, 1.807) is 35.2 Å². The molecule has 3 heterocycles. The van der Waals surface area contributed by atoms with Crippen LogP contribution in [0, 0.1) is 0 Å². The lowest BCUT2D eigenvalue weighted by Gasteiger charge is -2.25. The van der Waals surface area contributed by atoms with E-state index in [1.165, 1.54) is 12.2 Å². The minimum Gasteiger partial charge on any atom is -0.457 e. The normalized spacial score (nSPS) is 18.3. The van der Waals surface area contributed by atoms with Crippen molar-refractivity contribution < 1.29 is 23.5 Å². The lowest BCUT2D eigenvalue weighted by Crippen LogP contribution is -2.39. The minimum atomic E-state index is -0.343. The Kier molecular flexibility index (Phi) is 4.76. The number of hydrogen-bond donors (Lipinski definition) is 1. The van der Waals surface area contributed by atoms with E-state index in [1.807, 2.05) is 12.1 Å². The number of para-hydroxylation sites is 2. The molecule has 4 rings (SSSR count). The third-order valence-electron chi connectivity index (χ3n) is 4.21. The number of amides is 2. The number of morpholine rings is 1. The highest BCUT2D eigenvalue weighted by Gasteiger charge is 2.22. The van der Waals surface area contributed by atoms with Gasteiger partial charge in [-0.05, 0) is 30.3 Å². The summed E-state index contributed by atoms with van der Waals surface area (Å²) in [5.74, 6) is 1.26. The molecule has 1 fully saturated rings. The molecule has 1 saturated heterocycles. The van der Waals surface area contributed by atoms with Gasteiger partial charge in [0, 0.05) is 25.2 Å². The zero-order valence-corrected chi connectivity index (χ0v) is 14.5. The topological polar surface area (TPSA) is 81.0 Å². The van der Waals surface area contributed by atoms with Crippen LogP contribution in [0.5, 0.6) is 5.75 Å². The van der Waals surface area contributed by atoms with Gasteiger partial charge in [0.05, 0.1) is 18.9 Å². The van der Waals surface area contributed by atoms with Gasteiger partial charge < -0.3 is 24.1 Å². The van der Waals surface area contributed by atoms with E-state index >= 15 is 0 Å². The van der Waals surface area contributed by atoms with Crippen LogP contribution in [0.25, 0.3) is 12.2 Å². The first kappa shape index (κ1) is 17.1. The Labute approximate surface area is 155 Å². The van der Waals surface area contributed by atoms with Crippen LogP contribution in [0.15, 0.2) is 52.7 Å². The standard InChI is InChI=1S/C20H18N2O5/c23-19(22-9-11-25-12-10-22)8-7-14-5-6-15(26-14)13-18-20(24)21-16-3-1-2-4-17(16)27-18/h1-8,13H,9-12H2,(H,21,24)/b8-7+,18-13-. The van der Waals surface area contributed by atoms with Gasteiger partial charge in [-0.2, -0.15) is 0 Å². The second-order valence-corrected chi connectivity index (χ2v) is 6.07. The summed E-state index contributed by atoms with van der Waals surface area (Å²) in [4.78, 5) is 26.0. The SMILES string of the molecule is O=C1Nc2ccccc2O/C1=C\c1ccc(/C=C/C(=O)N2CCOCC2)o1. The molecular formula is C20H18N2O5. The van der Waals surface area contributed by atoms with Crippen molar-refractivity contribution in [3.8, 4) is 5.75 Å². The van der Waals surface area contributed by atoms with E-state index < -0.39 is 0 Å². The molecule has 2 aromatic rings. The lowest BCUT2D eigenvalue weighted by atomic mass is 10.2. The highest BCUT2D eigenvalue weighted by molar-refractivity contribution is 6.08. The van der Waals surface area contributed by atoms with E-state index in [2.05, 4.69) is 5.32 Å². The molecule has 0 saturated carbocycles. The average Bonchev–Trinajstić information content (AvgIpc) is 3.15. The number of fused-ring (bicyclic) bond motifs is 1. The van der Waals surface area contributed by atoms with E-state index in [4.69, 9.17) is 13.9 Å². The lowest BCUT2D eigenvalue weighted by molar-refractivity contribution is -0.129. The second-order valence-electron chi connectivity index (χ2n) is 6.07. The zero-order chi connectivity index (χ0) is 18.6. The Bertz CT molecular complexity index is 922. The molecule has 0 spiro atoms. The van der Waals surface area contributed by atoms with Crippen molar-refractivity contribution in [1.82, 2.24) is 4.90 Å². The van der Waals surface area contributed by atoms with E-state index in [9.17, 15) is 9.59 Å². The molecule has 0 unspecified atom stereocenters. The second kappa shape index (κ2) is 7.51. The smallest absolute Gasteiger partial charge is 0.291 e. The van der Waals surface area contributed by atoms with Crippen LogP contribution >= 0.6 is 0 Å². The Morgan fingerprint density at radius 1 is 1.07 bits per heavy atom. The highest BCUT2D eigenvalue weighted by Crippen LogP contribution is 2.31. The van der Waals surface area contributed by atoms with Gasteiger partial charge in [-0.25, -0.2) is 0 Å². The largest absolute Gasteiger partial charge is 0.457 e. The predicted octanol–water partition coefficient (Wildman–Crippen LogP) is 2.52. The monoisotopic (exact) mass is 366 g/mol. The summed E-state index contributed by atoms with van der Waals surface area (Å²) < 4.78 is 16.5. The summed E-state index contributed by atoms with van der Waals surface area (Å²) in [6.45, 7) is 2.30. The van der Waals surface area contributed by atoms with Crippen molar-refractivity contribution in [2.45, 2.75) is 0 Å². The maximum Gasteiger partial charge on any atom is 0.291 e. The van der Waals surface area contributed by atoms with Crippen molar-refractivity contribution in [2.75, 3.05) is 31.6 Å². The van der Waals surface area contributed by atoms with Crippen LogP contribution in [-0.2, 0) is 14.3 Å². The number of hydrogen-bond acceptors (Lipinski definition) is 5. The summed E-state index contributed by atoms with van der Waals surface area (Å²) in [6, 6.07) is 10.6. The van der Waals surface area contributed by atoms with E-state index in [0.717, 1.165) is 0 Å². The summed E-state index contributed by atoms with van der Waals surface area (Å²) >= 11 is 0. The van der Waals surface area contributed by atoms with Gasteiger partial charge >= 0.3 is 0 Å². The third kappa shape index (κ3) is 3.93. The first-order valence-corrected chi connectivity index (χ1v) is 8.63. The molecular weight excluding hydrogens is 348 g/mol. The fourth-order valence-corrected chi connectivity index (χ4v) is 2.81. The van der Waals surface area contributed by atoms with Gasteiger partial charge in [-0.1, -0.05) is 12.1 Å². The highest BCUT2D eigenvalue weighted by atomic mass is 16.5. The van der Waals surface area contributed by atoms with Crippen LogP contribution in [-0.4, -0.2) is 43.0 Å². The number of nitrogens with one attached hydrogen (secondary N) is 1. The molecule has 0 radical (unpaired) electrons. The van der Waals surface area contributed by atoms with Gasteiger partial charge in [0.2, 0.25) is 5.91 Å². The summed E-state index contributed by atoms with van der Waals surface area (Å²) in [5, 5.41) is 2.77. The maximum atomic E-state index is 12.1. The van der Waals surface area contributed by atoms with Gasteiger partial charge in [0.15, 0.2) is 11.5 Å². The summed E-state index contributed by atoms with van der Waals surface area (Å²) in [5.41, 5.74) is 0.629. The van der Waals surface area contributed by atoms with E-state index in [-0.39, 0.29) is 17.6 Å². The molecule has 7 nitrogen and oxygen atoms in total. The predicted molar refractivity (Wildman–Crippen MR) is 98.8 cm³/mol. The summed E-state index contributed by atoms with van der Waals surface area (Å²) in [7, 11) is 0. The van der Waals surface area contributed by atoms with Crippen LogP contribution in [0.4, 0.5) is 5.69 Å². The zero-order valence-electron chi connectivity index (χ0n) is 14.5. The van der Waals surface area contributed by atoms with Gasteiger partial charge in [-0.15, -0.1) is 0 Å². The van der Waals surface area contributed by atoms with Gasteiger partial charge in [0.1, 0.15) is 11.5 Å². The summed E-state index contributed by atoms with van der Waals surface area (Å²) in [6.07, 6.45) is 4.60. The van der Waals surface area contributed by atoms with Gasteiger partial charge in [-0.3, -0.25) is 9.59 Å². The Balaban J connectivity index is 1.45. The van der Waals surface area contributed by atoms with Crippen LogP contribution in [0.2, 0.25) is 0 Å². The number of rotatable bonds is 3. The van der Waals surface area contributed by atoms with Crippen molar-refractivity contribution in [3.63, 3.8) is 0 Å². The average molecular weight is 366 g/mol. The molecule has 0 atom stereocenters.